The van der Waals surface area contributed by atoms with Gasteiger partial charge in [0.1, 0.15) is 0 Å². The first-order valence-corrected chi connectivity index (χ1v) is 6.75. The topological polar surface area (TPSA) is 12.0 Å². The summed E-state index contributed by atoms with van der Waals surface area (Å²) in [6.07, 6.45) is 10.9. The first-order chi connectivity index (χ1) is 8.36. The predicted octanol–water partition coefficient (Wildman–Crippen LogP) is 4.26. The summed E-state index contributed by atoms with van der Waals surface area (Å²) in [4.78, 5) is 0. The van der Waals surface area contributed by atoms with E-state index in [1.807, 2.05) is 0 Å². The van der Waals surface area contributed by atoms with Gasteiger partial charge in [0.15, 0.2) is 0 Å². The smallest absolute Gasteiger partial charge is 0.00986 e. The van der Waals surface area contributed by atoms with E-state index in [-0.39, 0.29) is 0 Å². The lowest BCUT2D eigenvalue weighted by molar-refractivity contribution is 0.497. The van der Waals surface area contributed by atoms with Gasteiger partial charge >= 0.3 is 0 Å². The Hall–Kier alpha value is -1.08. The van der Waals surface area contributed by atoms with Crippen LogP contribution in [0.25, 0.3) is 6.08 Å². The number of rotatable bonds is 8. The quantitative estimate of drug-likeness (QED) is 0.659. The molecule has 1 aromatic carbocycles. The van der Waals surface area contributed by atoms with Crippen LogP contribution in [0, 0.1) is 0 Å². The molecule has 0 aliphatic heterocycles. The fourth-order valence-electron chi connectivity index (χ4n) is 1.95. The standard InChI is InChI=1S/C16H25N/c1-3-4-6-13-16(17-2)14-9-12-15-10-7-5-8-11-15/h5,7-12,16-17H,3-4,6,13-14H2,1-2H3/b12-9+. The zero-order chi connectivity index (χ0) is 12.3. The lowest BCUT2D eigenvalue weighted by Gasteiger charge is -2.13. The van der Waals surface area contributed by atoms with Crippen molar-refractivity contribution in [3.05, 3.63) is 42.0 Å². The highest BCUT2D eigenvalue weighted by atomic mass is 14.9. The minimum absolute atomic E-state index is 0.626. The van der Waals surface area contributed by atoms with E-state index in [4.69, 9.17) is 0 Å². The highest BCUT2D eigenvalue weighted by Crippen LogP contribution is 2.08. The molecule has 17 heavy (non-hydrogen) atoms. The molecule has 94 valence electrons. The Morgan fingerprint density at radius 1 is 1.18 bits per heavy atom. The molecule has 1 nitrogen and oxygen atoms in total. The number of unbranched alkanes of at least 4 members (excludes halogenated alkanes) is 2. The van der Waals surface area contributed by atoms with Crippen LogP contribution in [0.15, 0.2) is 36.4 Å². The minimum atomic E-state index is 0.626. The highest BCUT2D eigenvalue weighted by Gasteiger charge is 2.02. The van der Waals surface area contributed by atoms with Gasteiger partial charge < -0.3 is 5.32 Å². The van der Waals surface area contributed by atoms with Gasteiger partial charge in [0, 0.05) is 6.04 Å². The molecule has 0 heterocycles. The van der Waals surface area contributed by atoms with Crippen LogP contribution in [0.3, 0.4) is 0 Å². The summed E-state index contributed by atoms with van der Waals surface area (Å²) in [5.74, 6) is 0. The molecule has 1 atom stereocenters. The average Bonchev–Trinajstić information content (AvgIpc) is 2.38. The van der Waals surface area contributed by atoms with E-state index in [0.717, 1.165) is 6.42 Å². The Kier molecular flexibility index (Phi) is 7.40. The molecule has 1 rings (SSSR count). The van der Waals surface area contributed by atoms with Crippen LogP contribution in [0.5, 0.6) is 0 Å². The van der Waals surface area contributed by atoms with Gasteiger partial charge in [-0.15, -0.1) is 0 Å². The molecular formula is C16H25N. The maximum atomic E-state index is 3.40. The lowest BCUT2D eigenvalue weighted by atomic mass is 10.0. The van der Waals surface area contributed by atoms with E-state index in [0.29, 0.717) is 6.04 Å². The Morgan fingerprint density at radius 3 is 2.59 bits per heavy atom. The second kappa shape index (κ2) is 9.00. The number of hydrogen-bond donors (Lipinski definition) is 1. The predicted molar refractivity (Wildman–Crippen MR) is 77.1 cm³/mol. The molecule has 0 aliphatic rings. The molecular weight excluding hydrogens is 206 g/mol. The maximum Gasteiger partial charge on any atom is 0.00986 e. The summed E-state index contributed by atoms with van der Waals surface area (Å²) in [7, 11) is 2.06. The van der Waals surface area contributed by atoms with Crippen molar-refractivity contribution in [2.24, 2.45) is 0 Å². The molecule has 1 heteroatoms. The van der Waals surface area contributed by atoms with E-state index in [2.05, 4.69) is 61.8 Å². The van der Waals surface area contributed by atoms with E-state index in [9.17, 15) is 0 Å². The Morgan fingerprint density at radius 2 is 1.94 bits per heavy atom. The first-order valence-electron chi connectivity index (χ1n) is 6.75. The first kappa shape index (κ1) is 14.0. The van der Waals surface area contributed by atoms with Gasteiger partial charge in [-0.3, -0.25) is 0 Å². The van der Waals surface area contributed by atoms with Crippen LogP contribution in [0.1, 0.15) is 44.6 Å². The third-order valence-electron chi connectivity index (χ3n) is 3.09. The second-order valence-corrected chi connectivity index (χ2v) is 4.53. The Labute approximate surface area is 106 Å². The minimum Gasteiger partial charge on any atom is -0.317 e. The van der Waals surface area contributed by atoms with Gasteiger partial charge in [0.05, 0.1) is 0 Å². The summed E-state index contributed by atoms with van der Waals surface area (Å²) >= 11 is 0. The molecule has 0 radical (unpaired) electrons. The van der Waals surface area contributed by atoms with Gasteiger partial charge in [-0.25, -0.2) is 0 Å². The molecule has 0 amide bonds. The zero-order valence-corrected chi connectivity index (χ0v) is 11.2. The molecule has 1 N–H and O–H groups in total. The van der Waals surface area contributed by atoms with Gasteiger partial charge in [0.25, 0.3) is 0 Å². The van der Waals surface area contributed by atoms with Crippen LogP contribution in [-0.4, -0.2) is 13.1 Å². The molecule has 0 aromatic heterocycles. The number of nitrogens with one attached hydrogen (secondary N) is 1. The van der Waals surface area contributed by atoms with Gasteiger partial charge in [-0.2, -0.15) is 0 Å². The lowest BCUT2D eigenvalue weighted by Crippen LogP contribution is -2.24. The fraction of sp³-hybridized carbons (Fsp3) is 0.500. The van der Waals surface area contributed by atoms with Crippen LogP contribution in [0.2, 0.25) is 0 Å². The van der Waals surface area contributed by atoms with Crippen LogP contribution < -0.4 is 5.32 Å². The molecule has 0 saturated heterocycles. The average molecular weight is 231 g/mol. The third-order valence-corrected chi connectivity index (χ3v) is 3.09. The molecule has 0 spiro atoms. The van der Waals surface area contributed by atoms with Gasteiger partial charge in [0.2, 0.25) is 0 Å². The SMILES string of the molecule is CCCCCC(C/C=C/c1ccccc1)NC. The van der Waals surface area contributed by atoms with Crippen molar-refractivity contribution in [2.45, 2.75) is 45.1 Å². The normalized spacial score (nSPS) is 13.1. The Bertz CT molecular complexity index is 303. The summed E-state index contributed by atoms with van der Waals surface area (Å²) in [6.45, 7) is 2.25. The largest absolute Gasteiger partial charge is 0.317 e. The van der Waals surface area contributed by atoms with Gasteiger partial charge in [-0.1, -0.05) is 68.7 Å². The summed E-state index contributed by atoms with van der Waals surface area (Å²) < 4.78 is 0. The van der Waals surface area contributed by atoms with Crippen molar-refractivity contribution < 1.29 is 0 Å². The van der Waals surface area contributed by atoms with Crippen molar-refractivity contribution in [1.82, 2.24) is 5.32 Å². The molecule has 0 saturated carbocycles. The molecule has 0 fully saturated rings. The highest BCUT2D eigenvalue weighted by molar-refractivity contribution is 5.48. The van der Waals surface area contributed by atoms with Crippen molar-refractivity contribution in [3.8, 4) is 0 Å². The maximum absolute atomic E-state index is 3.40. The van der Waals surface area contributed by atoms with Crippen molar-refractivity contribution in [3.63, 3.8) is 0 Å². The van der Waals surface area contributed by atoms with Crippen LogP contribution >= 0.6 is 0 Å². The van der Waals surface area contributed by atoms with E-state index in [1.165, 1.54) is 31.2 Å². The third kappa shape index (κ3) is 6.28. The molecule has 1 aromatic rings. The van der Waals surface area contributed by atoms with Crippen LogP contribution in [-0.2, 0) is 0 Å². The van der Waals surface area contributed by atoms with Gasteiger partial charge in [-0.05, 0) is 25.5 Å². The van der Waals surface area contributed by atoms with E-state index >= 15 is 0 Å². The molecule has 0 bridgehead atoms. The van der Waals surface area contributed by atoms with E-state index < -0.39 is 0 Å². The van der Waals surface area contributed by atoms with Crippen molar-refractivity contribution in [1.29, 1.82) is 0 Å². The second-order valence-electron chi connectivity index (χ2n) is 4.53. The van der Waals surface area contributed by atoms with E-state index in [1.54, 1.807) is 0 Å². The summed E-state index contributed by atoms with van der Waals surface area (Å²) in [5.41, 5.74) is 1.29. The summed E-state index contributed by atoms with van der Waals surface area (Å²) in [5, 5.41) is 3.40. The molecule has 1 unspecified atom stereocenters. The van der Waals surface area contributed by atoms with Crippen molar-refractivity contribution in [2.75, 3.05) is 7.05 Å². The number of benzene rings is 1. The molecule has 0 aliphatic carbocycles. The monoisotopic (exact) mass is 231 g/mol. The van der Waals surface area contributed by atoms with Crippen molar-refractivity contribution >= 4 is 6.08 Å². The Balaban J connectivity index is 2.29. The zero-order valence-electron chi connectivity index (χ0n) is 11.2. The number of hydrogen-bond acceptors (Lipinski definition) is 1. The summed E-state index contributed by atoms with van der Waals surface area (Å²) in [6, 6.07) is 11.1. The van der Waals surface area contributed by atoms with Crippen LogP contribution in [0.4, 0.5) is 0 Å². The fourth-order valence-corrected chi connectivity index (χ4v) is 1.95.